The molecule has 1 fully saturated rings. The van der Waals surface area contributed by atoms with Gasteiger partial charge in [0.25, 0.3) is 0 Å². The maximum atomic E-state index is 9.83. The second-order valence-electron chi connectivity index (χ2n) is 4.88. The third-order valence-electron chi connectivity index (χ3n) is 3.68. The highest BCUT2D eigenvalue weighted by Crippen LogP contribution is 2.33. The van der Waals surface area contributed by atoms with Crippen molar-refractivity contribution in [3.8, 4) is 5.75 Å². The number of nitrogens with one attached hydrogen (secondary N) is 1. The summed E-state index contributed by atoms with van der Waals surface area (Å²) in [6, 6.07) is 6.31. The molecule has 1 aliphatic rings. The van der Waals surface area contributed by atoms with E-state index in [4.69, 9.17) is 4.74 Å². The molecule has 1 aromatic carbocycles. The van der Waals surface area contributed by atoms with Crippen molar-refractivity contribution in [2.45, 2.75) is 19.0 Å². The molecule has 0 radical (unpaired) electrons. The van der Waals surface area contributed by atoms with Crippen molar-refractivity contribution >= 4 is 15.9 Å². The van der Waals surface area contributed by atoms with Crippen LogP contribution in [0.1, 0.15) is 18.5 Å². The first-order valence-electron chi connectivity index (χ1n) is 6.58. The van der Waals surface area contributed by atoms with Gasteiger partial charge >= 0.3 is 0 Å². The van der Waals surface area contributed by atoms with Crippen molar-refractivity contribution in [2.24, 2.45) is 0 Å². The Balaban J connectivity index is 2.32. The molecule has 106 valence electrons. The SMILES string of the molecule is COc1ccc(Br)cc1C(CO)N1CCNCC1C. The monoisotopic (exact) mass is 328 g/mol. The van der Waals surface area contributed by atoms with Crippen LogP contribution in [0.2, 0.25) is 0 Å². The fourth-order valence-electron chi connectivity index (χ4n) is 2.67. The molecule has 2 unspecified atom stereocenters. The zero-order chi connectivity index (χ0) is 13.8. The van der Waals surface area contributed by atoms with Crippen LogP contribution in [-0.2, 0) is 0 Å². The minimum Gasteiger partial charge on any atom is -0.496 e. The Morgan fingerprint density at radius 3 is 3.00 bits per heavy atom. The van der Waals surface area contributed by atoms with Gasteiger partial charge < -0.3 is 15.2 Å². The van der Waals surface area contributed by atoms with Crippen LogP contribution >= 0.6 is 15.9 Å². The molecule has 5 heteroatoms. The molecule has 1 aliphatic heterocycles. The summed E-state index contributed by atoms with van der Waals surface area (Å²) in [7, 11) is 1.67. The molecule has 0 aliphatic carbocycles. The van der Waals surface area contributed by atoms with Crippen LogP contribution in [0, 0.1) is 0 Å². The molecule has 0 saturated carbocycles. The zero-order valence-corrected chi connectivity index (χ0v) is 13.0. The molecular formula is C14H21BrN2O2. The number of piperazine rings is 1. The molecule has 2 atom stereocenters. The lowest BCUT2D eigenvalue weighted by molar-refractivity contribution is 0.0708. The van der Waals surface area contributed by atoms with Gasteiger partial charge in [0.15, 0.2) is 0 Å². The third-order valence-corrected chi connectivity index (χ3v) is 4.17. The number of aliphatic hydroxyl groups is 1. The van der Waals surface area contributed by atoms with E-state index < -0.39 is 0 Å². The molecule has 4 nitrogen and oxygen atoms in total. The number of nitrogens with zero attached hydrogens (tertiary/aromatic N) is 1. The Morgan fingerprint density at radius 2 is 2.37 bits per heavy atom. The highest BCUT2D eigenvalue weighted by Gasteiger charge is 2.28. The van der Waals surface area contributed by atoms with Gasteiger partial charge in [0.2, 0.25) is 0 Å². The van der Waals surface area contributed by atoms with Gasteiger partial charge in [-0.2, -0.15) is 0 Å². The van der Waals surface area contributed by atoms with Gasteiger partial charge in [-0.05, 0) is 25.1 Å². The highest BCUT2D eigenvalue weighted by atomic mass is 79.9. The fourth-order valence-corrected chi connectivity index (χ4v) is 3.05. The molecular weight excluding hydrogens is 308 g/mol. The fraction of sp³-hybridized carbons (Fsp3) is 0.571. The van der Waals surface area contributed by atoms with Gasteiger partial charge in [0, 0.05) is 35.7 Å². The number of benzene rings is 1. The van der Waals surface area contributed by atoms with E-state index >= 15 is 0 Å². The number of rotatable bonds is 4. The molecule has 1 aromatic rings. The molecule has 0 amide bonds. The Bertz CT molecular complexity index is 428. The minimum atomic E-state index is -0.0236. The summed E-state index contributed by atoms with van der Waals surface area (Å²) in [5.74, 6) is 0.827. The van der Waals surface area contributed by atoms with Crippen molar-refractivity contribution < 1.29 is 9.84 Å². The molecule has 1 heterocycles. The van der Waals surface area contributed by atoms with Gasteiger partial charge in [-0.25, -0.2) is 0 Å². The number of ether oxygens (including phenoxy) is 1. The van der Waals surface area contributed by atoms with E-state index in [1.54, 1.807) is 7.11 Å². The van der Waals surface area contributed by atoms with Crippen molar-refractivity contribution in [3.63, 3.8) is 0 Å². The van der Waals surface area contributed by atoms with Gasteiger partial charge in [-0.15, -0.1) is 0 Å². The van der Waals surface area contributed by atoms with E-state index in [0.29, 0.717) is 6.04 Å². The summed E-state index contributed by atoms with van der Waals surface area (Å²) in [5, 5.41) is 13.2. The lowest BCUT2D eigenvalue weighted by Gasteiger charge is -2.39. The van der Waals surface area contributed by atoms with E-state index in [-0.39, 0.29) is 12.6 Å². The number of hydrogen-bond acceptors (Lipinski definition) is 4. The van der Waals surface area contributed by atoms with Crippen LogP contribution in [0.25, 0.3) is 0 Å². The van der Waals surface area contributed by atoms with Crippen molar-refractivity contribution in [1.82, 2.24) is 10.2 Å². The first kappa shape index (κ1) is 14.8. The maximum Gasteiger partial charge on any atom is 0.123 e. The Hall–Kier alpha value is -0.620. The molecule has 0 spiro atoms. The van der Waals surface area contributed by atoms with Crippen LogP contribution in [0.5, 0.6) is 5.75 Å². The summed E-state index contributed by atoms with van der Waals surface area (Å²) in [4.78, 5) is 2.33. The normalized spacial score (nSPS) is 22.2. The average molecular weight is 329 g/mol. The lowest BCUT2D eigenvalue weighted by Crippen LogP contribution is -2.51. The number of hydrogen-bond donors (Lipinski definition) is 2. The summed E-state index contributed by atoms with van der Waals surface area (Å²) < 4.78 is 6.44. The average Bonchev–Trinajstić information content (AvgIpc) is 2.42. The van der Waals surface area contributed by atoms with Crippen LogP contribution in [-0.4, -0.2) is 49.4 Å². The molecule has 19 heavy (non-hydrogen) atoms. The highest BCUT2D eigenvalue weighted by molar-refractivity contribution is 9.10. The Morgan fingerprint density at radius 1 is 1.58 bits per heavy atom. The smallest absolute Gasteiger partial charge is 0.123 e. The first-order chi connectivity index (χ1) is 9.17. The van der Waals surface area contributed by atoms with Crippen LogP contribution < -0.4 is 10.1 Å². The van der Waals surface area contributed by atoms with Crippen molar-refractivity contribution in [2.75, 3.05) is 33.4 Å². The topological polar surface area (TPSA) is 44.7 Å². The lowest BCUT2D eigenvalue weighted by atomic mass is 10.0. The Labute approximate surface area is 122 Å². The van der Waals surface area contributed by atoms with Crippen molar-refractivity contribution in [3.05, 3.63) is 28.2 Å². The molecule has 0 bridgehead atoms. The largest absolute Gasteiger partial charge is 0.496 e. The summed E-state index contributed by atoms with van der Waals surface area (Å²) in [6.45, 7) is 5.11. The predicted octanol–water partition coefficient (Wildman–Crippen LogP) is 1.78. The molecule has 2 rings (SSSR count). The number of methoxy groups -OCH3 is 1. The van der Waals surface area contributed by atoms with E-state index in [2.05, 4.69) is 33.1 Å². The Kier molecular flexibility index (Phi) is 5.21. The second kappa shape index (κ2) is 6.70. The van der Waals surface area contributed by atoms with Crippen LogP contribution in [0.15, 0.2) is 22.7 Å². The summed E-state index contributed by atoms with van der Waals surface area (Å²) in [6.07, 6.45) is 0. The van der Waals surface area contributed by atoms with Gasteiger partial charge in [-0.3, -0.25) is 4.90 Å². The van der Waals surface area contributed by atoms with Crippen LogP contribution in [0.4, 0.5) is 0 Å². The number of aliphatic hydroxyl groups excluding tert-OH is 1. The van der Waals surface area contributed by atoms with Gasteiger partial charge in [-0.1, -0.05) is 15.9 Å². The molecule has 1 saturated heterocycles. The standard InChI is InChI=1S/C14H21BrN2O2/c1-10-8-16-5-6-17(10)13(9-18)12-7-11(15)3-4-14(12)19-2/h3-4,7,10,13,16,18H,5-6,8-9H2,1-2H3. The van der Waals surface area contributed by atoms with E-state index in [0.717, 1.165) is 35.4 Å². The molecule has 0 aromatic heterocycles. The quantitative estimate of drug-likeness (QED) is 0.884. The van der Waals surface area contributed by atoms with E-state index in [9.17, 15) is 5.11 Å². The van der Waals surface area contributed by atoms with Crippen LogP contribution in [0.3, 0.4) is 0 Å². The zero-order valence-electron chi connectivity index (χ0n) is 11.4. The first-order valence-corrected chi connectivity index (χ1v) is 7.37. The van der Waals surface area contributed by atoms with Crippen molar-refractivity contribution in [1.29, 1.82) is 0 Å². The predicted molar refractivity (Wildman–Crippen MR) is 79.6 cm³/mol. The number of halogens is 1. The van der Waals surface area contributed by atoms with E-state index in [1.165, 1.54) is 0 Å². The maximum absolute atomic E-state index is 9.83. The van der Waals surface area contributed by atoms with Gasteiger partial charge in [0.05, 0.1) is 19.8 Å². The third kappa shape index (κ3) is 3.28. The summed E-state index contributed by atoms with van der Waals surface area (Å²) >= 11 is 3.49. The second-order valence-corrected chi connectivity index (χ2v) is 5.79. The molecule has 2 N–H and O–H groups in total. The minimum absolute atomic E-state index is 0.0236. The van der Waals surface area contributed by atoms with Gasteiger partial charge in [0.1, 0.15) is 5.75 Å². The summed E-state index contributed by atoms with van der Waals surface area (Å²) in [5.41, 5.74) is 1.04. The van der Waals surface area contributed by atoms with E-state index in [1.807, 2.05) is 18.2 Å².